The number of rotatable bonds is 4. The zero-order valence-corrected chi connectivity index (χ0v) is 8.61. The minimum Gasteiger partial charge on any atom is -0.481 e. The van der Waals surface area contributed by atoms with E-state index in [0.717, 1.165) is 0 Å². The number of carboxylic acid groups (broad SMARTS) is 1. The highest BCUT2D eigenvalue weighted by Crippen LogP contribution is 2.16. The lowest BCUT2D eigenvalue weighted by Crippen LogP contribution is -2.10. The number of hydrogen-bond acceptors (Lipinski definition) is 5. The second kappa shape index (κ2) is 4.89. The van der Waals surface area contributed by atoms with Crippen molar-refractivity contribution >= 4 is 17.4 Å². The van der Waals surface area contributed by atoms with E-state index in [0.29, 0.717) is 11.3 Å². The Bertz CT molecular complexity index is 476. The molecule has 0 unspecified atom stereocenters. The van der Waals surface area contributed by atoms with Crippen LogP contribution in [-0.2, 0) is 4.79 Å². The molecule has 1 aromatic rings. The number of nitriles is 1. The fraction of sp³-hybridized carbons (Fsp3) is 0.200. The summed E-state index contributed by atoms with van der Waals surface area (Å²) in [5, 5.41) is 27.6. The van der Waals surface area contributed by atoms with Gasteiger partial charge in [0.15, 0.2) is 0 Å². The summed E-state index contributed by atoms with van der Waals surface area (Å²) in [4.78, 5) is 14.3. The van der Waals surface area contributed by atoms with Crippen LogP contribution in [0, 0.1) is 16.7 Å². The monoisotopic (exact) mass is 218 g/mol. The van der Waals surface area contributed by atoms with Crippen molar-refractivity contribution in [3.05, 3.63) is 23.5 Å². The highest BCUT2D eigenvalue weighted by atomic mass is 16.4. The molecule has 0 aliphatic heterocycles. The molecule has 3 N–H and O–H groups in total. The van der Waals surface area contributed by atoms with Crippen LogP contribution < -0.4 is 5.32 Å². The fourth-order valence-corrected chi connectivity index (χ4v) is 1.21. The lowest BCUT2D eigenvalue weighted by molar-refractivity contribution is -0.135. The van der Waals surface area contributed by atoms with E-state index >= 15 is 0 Å². The number of pyridine rings is 1. The smallest absolute Gasteiger partial charge is 0.309 e. The van der Waals surface area contributed by atoms with Crippen LogP contribution in [0.1, 0.15) is 17.7 Å². The molecule has 0 saturated carbocycles. The molecule has 0 fully saturated rings. The van der Waals surface area contributed by atoms with Crippen molar-refractivity contribution in [2.45, 2.75) is 6.42 Å². The number of carbonyl (C=O) groups is 1. The molecule has 1 heterocycles. The van der Waals surface area contributed by atoms with Crippen LogP contribution in [0.5, 0.6) is 0 Å². The van der Waals surface area contributed by atoms with Gasteiger partial charge in [-0.1, -0.05) is 0 Å². The molecule has 0 aliphatic rings. The minimum absolute atomic E-state index is 0.0474. The van der Waals surface area contributed by atoms with E-state index < -0.39 is 5.97 Å². The first-order chi connectivity index (χ1) is 7.58. The lowest BCUT2D eigenvalue weighted by Gasteiger charge is -2.08. The molecule has 0 aromatic carbocycles. The molecule has 0 spiro atoms. The molecule has 6 heteroatoms. The standard InChI is InChI=1S/C10H10N4O2/c1-13-9-2-6(4-11)14-5-7(9)8(12)3-10(15)16/h2,5,12H,3H2,1H3,(H,13,14)(H,15,16). The van der Waals surface area contributed by atoms with E-state index in [1.165, 1.54) is 12.3 Å². The fourth-order valence-electron chi connectivity index (χ4n) is 1.21. The third kappa shape index (κ3) is 2.54. The summed E-state index contributed by atoms with van der Waals surface area (Å²) in [5.41, 5.74) is 1.09. The van der Waals surface area contributed by atoms with Gasteiger partial charge in [-0.15, -0.1) is 0 Å². The maximum atomic E-state index is 10.5. The first-order valence-corrected chi connectivity index (χ1v) is 4.46. The molecule has 82 valence electrons. The predicted octanol–water partition coefficient (Wildman–Crippen LogP) is 0.838. The summed E-state index contributed by atoms with van der Waals surface area (Å²) < 4.78 is 0. The molecule has 0 amide bonds. The second-order valence-corrected chi connectivity index (χ2v) is 3.03. The topological polar surface area (TPSA) is 110 Å². The average Bonchev–Trinajstić information content (AvgIpc) is 2.27. The number of carboxylic acids is 1. The Balaban J connectivity index is 3.09. The zero-order valence-electron chi connectivity index (χ0n) is 8.61. The molecule has 6 nitrogen and oxygen atoms in total. The Hall–Kier alpha value is -2.42. The Labute approximate surface area is 92.1 Å². The molecule has 0 aliphatic carbocycles. The second-order valence-electron chi connectivity index (χ2n) is 3.03. The van der Waals surface area contributed by atoms with E-state index in [2.05, 4.69) is 10.3 Å². The minimum atomic E-state index is -1.07. The Kier molecular flexibility index (Phi) is 3.56. The van der Waals surface area contributed by atoms with Crippen LogP contribution in [0.4, 0.5) is 5.69 Å². The third-order valence-electron chi connectivity index (χ3n) is 1.94. The van der Waals surface area contributed by atoms with Gasteiger partial charge in [-0.2, -0.15) is 5.26 Å². The van der Waals surface area contributed by atoms with Gasteiger partial charge in [-0.3, -0.25) is 4.79 Å². The first kappa shape index (κ1) is 11.7. The van der Waals surface area contributed by atoms with Gasteiger partial charge in [0.05, 0.1) is 12.1 Å². The quantitative estimate of drug-likeness (QED) is 0.648. The lowest BCUT2D eigenvalue weighted by atomic mass is 10.1. The summed E-state index contributed by atoms with van der Waals surface area (Å²) in [6.45, 7) is 0. The van der Waals surface area contributed by atoms with Gasteiger partial charge in [0.2, 0.25) is 0 Å². The Morgan fingerprint density at radius 3 is 2.94 bits per heavy atom. The average molecular weight is 218 g/mol. The van der Waals surface area contributed by atoms with Crippen molar-refractivity contribution in [1.82, 2.24) is 4.98 Å². The molecule has 1 aromatic heterocycles. The summed E-state index contributed by atoms with van der Waals surface area (Å²) in [6, 6.07) is 3.35. The van der Waals surface area contributed by atoms with E-state index in [-0.39, 0.29) is 17.8 Å². The number of anilines is 1. The van der Waals surface area contributed by atoms with Gasteiger partial charge in [0.25, 0.3) is 0 Å². The van der Waals surface area contributed by atoms with Gasteiger partial charge in [0.1, 0.15) is 11.8 Å². The highest BCUT2D eigenvalue weighted by molar-refractivity contribution is 6.10. The normalized spacial score (nSPS) is 9.25. The predicted molar refractivity (Wildman–Crippen MR) is 57.6 cm³/mol. The van der Waals surface area contributed by atoms with E-state index in [4.69, 9.17) is 15.8 Å². The number of hydrogen-bond donors (Lipinski definition) is 3. The number of nitrogens with one attached hydrogen (secondary N) is 2. The third-order valence-corrected chi connectivity index (χ3v) is 1.94. The molecule has 16 heavy (non-hydrogen) atoms. The first-order valence-electron chi connectivity index (χ1n) is 4.46. The van der Waals surface area contributed by atoms with Crippen LogP contribution in [-0.4, -0.2) is 28.8 Å². The number of aromatic nitrogens is 1. The summed E-state index contributed by atoms with van der Waals surface area (Å²) >= 11 is 0. The van der Waals surface area contributed by atoms with Gasteiger partial charge < -0.3 is 15.8 Å². The van der Waals surface area contributed by atoms with Crippen LogP contribution >= 0.6 is 0 Å². The van der Waals surface area contributed by atoms with Crippen molar-refractivity contribution in [2.24, 2.45) is 0 Å². The summed E-state index contributed by atoms with van der Waals surface area (Å²) in [6.07, 6.45) is 0.956. The Morgan fingerprint density at radius 2 is 2.44 bits per heavy atom. The van der Waals surface area contributed by atoms with Crippen molar-refractivity contribution in [2.75, 3.05) is 12.4 Å². The highest BCUT2D eigenvalue weighted by Gasteiger charge is 2.12. The summed E-state index contributed by atoms with van der Waals surface area (Å²) in [7, 11) is 1.63. The molecular weight excluding hydrogens is 208 g/mol. The molecule has 0 bridgehead atoms. The van der Waals surface area contributed by atoms with E-state index in [1.807, 2.05) is 6.07 Å². The van der Waals surface area contributed by atoms with Crippen LogP contribution in [0.2, 0.25) is 0 Å². The van der Waals surface area contributed by atoms with Gasteiger partial charge in [0, 0.05) is 24.5 Å². The van der Waals surface area contributed by atoms with E-state index in [1.54, 1.807) is 7.05 Å². The van der Waals surface area contributed by atoms with Crippen LogP contribution in [0.15, 0.2) is 12.3 Å². The van der Waals surface area contributed by atoms with Gasteiger partial charge in [-0.05, 0) is 6.07 Å². The molecule has 0 saturated heterocycles. The van der Waals surface area contributed by atoms with Crippen molar-refractivity contribution < 1.29 is 9.90 Å². The van der Waals surface area contributed by atoms with E-state index in [9.17, 15) is 4.79 Å². The van der Waals surface area contributed by atoms with Gasteiger partial charge >= 0.3 is 5.97 Å². The number of nitrogens with zero attached hydrogens (tertiary/aromatic N) is 2. The van der Waals surface area contributed by atoms with Crippen molar-refractivity contribution in [3.63, 3.8) is 0 Å². The van der Waals surface area contributed by atoms with Crippen molar-refractivity contribution in [3.8, 4) is 6.07 Å². The van der Waals surface area contributed by atoms with Crippen molar-refractivity contribution in [1.29, 1.82) is 10.7 Å². The molecule has 1 rings (SSSR count). The maximum Gasteiger partial charge on any atom is 0.309 e. The maximum absolute atomic E-state index is 10.5. The summed E-state index contributed by atoms with van der Waals surface area (Å²) in [5.74, 6) is -1.07. The molecular formula is C10H10N4O2. The zero-order chi connectivity index (χ0) is 12.1. The molecule has 0 atom stereocenters. The van der Waals surface area contributed by atoms with Gasteiger partial charge in [-0.25, -0.2) is 4.98 Å². The van der Waals surface area contributed by atoms with Crippen LogP contribution in [0.25, 0.3) is 0 Å². The SMILES string of the molecule is CNc1cc(C#N)ncc1C(=N)CC(=O)O. The largest absolute Gasteiger partial charge is 0.481 e. The number of aliphatic carboxylic acids is 1. The Morgan fingerprint density at radius 1 is 1.75 bits per heavy atom. The van der Waals surface area contributed by atoms with Crippen LogP contribution in [0.3, 0.4) is 0 Å². The molecule has 0 radical (unpaired) electrons.